The van der Waals surface area contributed by atoms with Gasteiger partial charge in [0.1, 0.15) is 23.1 Å². The highest BCUT2D eigenvalue weighted by molar-refractivity contribution is 6.20. The van der Waals surface area contributed by atoms with Crippen LogP contribution in [0.4, 0.5) is 5.69 Å². The molecule has 0 fully saturated rings. The number of nitrogens with zero attached hydrogens (tertiary/aromatic N) is 4. The summed E-state index contributed by atoms with van der Waals surface area (Å²) in [4.78, 5) is 26.0. The molecule has 0 unspecified atom stereocenters. The average molecular weight is 422 g/mol. The minimum Gasteiger partial charge on any atom is -0.507 e. The molecule has 0 amide bonds. The van der Waals surface area contributed by atoms with Crippen molar-refractivity contribution < 1.29 is 24.5 Å². The number of methoxy groups -OCH3 is 1. The van der Waals surface area contributed by atoms with Gasteiger partial charge in [-0.25, -0.2) is 4.99 Å². The largest absolute Gasteiger partial charge is 0.507 e. The van der Waals surface area contributed by atoms with Gasteiger partial charge in [0.15, 0.2) is 11.5 Å². The number of aliphatic imine (C=N–C) groups is 2. The van der Waals surface area contributed by atoms with Crippen molar-refractivity contribution in [3.63, 3.8) is 0 Å². The molecule has 9 nitrogen and oxygen atoms in total. The average Bonchev–Trinajstić information content (AvgIpc) is 3.27. The summed E-state index contributed by atoms with van der Waals surface area (Å²) in [6.07, 6.45) is 5.21. The molecular formula is C22H22N4O5. The molecule has 0 radical (unpaired) electrons. The number of benzene rings is 1. The third kappa shape index (κ3) is 4.20. The Bertz CT molecular complexity index is 1080. The molecule has 0 aliphatic carbocycles. The van der Waals surface area contributed by atoms with E-state index in [2.05, 4.69) is 9.98 Å². The predicted molar refractivity (Wildman–Crippen MR) is 115 cm³/mol. The first kappa shape index (κ1) is 20.4. The van der Waals surface area contributed by atoms with Crippen LogP contribution in [0, 0.1) is 0 Å². The number of fused-ring (bicyclic) bond motifs is 3. The number of aromatic nitrogens is 1. The van der Waals surface area contributed by atoms with Crippen LogP contribution in [0.3, 0.4) is 0 Å². The lowest BCUT2D eigenvalue weighted by molar-refractivity contribution is -0.137. The molecule has 2 aliphatic heterocycles. The number of carbonyl (C=O) groups is 1. The lowest BCUT2D eigenvalue weighted by Gasteiger charge is -2.27. The minimum absolute atomic E-state index is 0.0275. The van der Waals surface area contributed by atoms with E-state index in [1.165, 1.54) is 7.11 Å². The van der Waals surface area contributed by atoms with E-state index in [4.69, 9.17) is 19.6 Å². The van der Waals surface area contributed by atoms with Crippen LogP contribution in [0.2, 0.25) is 0 Å². The number of hydrogen-bond acceptors (Lipinski definition) is 8. The fourth-order valence-corrected chi connectivity index (χ4v) is 3.47. The Balaban J connectivity index is 1.70. The molecule has 0 atom stereocenters. The second-order valence-corrected chi connectivity index (χ2v) is 6.94. The van der Waals surface area contributed by atoms with Gasteiger partial charge in [0.05, 0.1) is 20.3 Å². The number of pyridine rings is 1. The van der Waals surface area contributed by atoms with Crippen LogP contribution >= 0.6 is 0 Å². The standard InChI is InChI=1S/C22H22N4O5/c1-30-21-17(31-11-3-5-19(28)29)7-6-15-20(21)25-18(26-10-9-24-22(15)26)12-16(27)14-4-2-8-23-13-14/h2,4,6-8,12-13,27H,3,5,9-11H2,1H3,(H,28,29)/b16-12-. The molecule has 3 heterocycles. The normalized spacial score (nSPS) is 15.0. The van der Waals surface area contributed by atoms with Gasteiger partial charge < -0.3 is 24.6 Å². The maximum Gasteiger partial charge on any atom is 0.303 e. The van der Waals surface area contributed by atoms with Crippen molar-refractivity contribution in [3.8, 4) is 11.5 Å². The van der Waals surface area contributed by atoms with Crippen LogP contribution in [-0.2, 0) is 4.79 Å². The molecule has 4 rings (SSSR count). The van der Waals surface area contributed by atoms with Crippen LogP contribution in [0.5, 0.6) is 11.5 Å². The molecule has 31 heavy (non-hydrogen) atoms. The summed E-state index contributed by atoms with van der Waals surface area (Å²) in [5.41, 5.74) is 1.95. The quantitative estimate of drug-likeness (QED) is 0.496. The number of hydrogen-bond donors (Lipinski definition) is 2. The molecule has 0 saturated heterocycles. The number of aliphatic hydroxyl groups is 1. The van der Waals surface area contributed by atoms with Crippen LogP contribution in [0.15, 0.2) is 52.7 Å². The number of carboxylic acid groups (broad SMARTS) is 1. The zero-order valence-electron chi connectivity index (χ0n) is 17.0. The van der Waals surface area contributed by atoms with Crippen molar-refractivity contribution in [1.82, 2.24) is 9.88 Å². The van der Waals surface area contributed by atoms with Gasteiger partial charge in [0, 0.05) is 42.6 Å². The first-order valence-corrected chi connectivity index (χ1v) is 9.86. The fourth-order valence-electron chi connectivity index (χ4n) is 3.47. The number of carboxylic acids is 1. The number of amidine groups is 2. The van der Waals surface area contributed by atoms with Crippen molar-refractivity contribution in [2.45, 2.75) is 12.8 Å². The smallest absolute Gasteiger partial charge is 0.303 e. The van der Waals surface area contributed by atoms with E-state index < -0.39 is 5.97 Å². The summed E-state index contributed by atoms with van der Waals surface area (Å²) in [7, 11) is 1.53. The number of ether oxygens (including phenoxy) is 2. The summed E-state index contributed by atoms with van der Waals surface area (Å²) in [6, 6.07) is 7.16. The van der Waals surface area contributed by atoms with Crippen molar-refractivity contribution >= 4 is 29.1 Å². The molecule has 1 aromatic carbocycles. The third-order valence-corrected chi connectivity index (χ3v) is 4.90. The van der Waals surface area contributed by atoms with Crippen molar-refractivity contribution in [1.29, 1.82) is 0 Å². The van der Waals surface area contributed by atoms with E-state index in [-0.39, 0.29) is 18.8 Å². The highest BCUT2D eigenvalue weighted by atomic mass is 16.5. The minimum atomic E-state index is -0.866. The van der Waals surface area contributed by atoms with E-state index in [9.17, 15) is 9.90 Å². The summed E-state index contributed by atoms with van der Waals surface area (Å²) in [5.74, 6) is 1.38. The Morgan fingerprint density at radius 3 is 2.90 bits per heavy atom. The third-order valence-electron chi connectivity index (χ3n) is 4.90. The molecule has 9 heteroatoms. The second-order valence-electron chi connectivity index (χ2n) is 6.94. The van der Waals surface area contributed by atoms with Crippen molar-refractivity contribution in [2.75, 3.05) is 26.8 Å². The molecule has 0 spiro atoms. The van der Waals surface area contributed by atoms with Gasteiger partial charge in [0.2, 0.25) is 0 Å². The Labute approximate surface area is 179 Å². The topological polar surface area (TPSA) is 117 Å². The molecule has 2 aliphatic rings. The monoisotopic (exact) mass is 422 g/mol. The van der Waals surface area contributed by atoms with E-state index in [1.54, 1.807) is 36.7 Å². The molecule has 0 saturated carbocycles. The SMILES string of the molecule is COc1c(OCCCC(=O)O)ccc2c1N=C(/C=C(\O)c1cccnc1)N1CCN=C21. The molecule has 2 N–H and O–H groups in total. The van der Waals surface area contributed by atoms with Gasteiger partial charge in [-0.15, -0.1) is 0 Å². The Morgan fingerprint density at radius 1 is 1.29 bits per heavy atom. The lowest BCUT2D eigenvalue weighted by atomic mass is 10.1. The van der Waals surface area contributed by atoms with E-state index >= 15 is 0 Å². The number of aliphatic carboxylic acids is 1. The molecule has 0 bridgehead atoms. The van der Waals surface area contributed by atoms with Crippen molar-refractivity contribution in [3.05, 3.63) is 53.9 Å². The van der Waals surface area contributed by atoms with Gasteiger partial charge in [-0.3, -0.25) is 14.8 Å². The maximum atomic E-state index is 10.7. The number of rotatable bonds is 8. The van der Waals surface area contributed by atoms with Crippen LogP contribution in [0.25, 0.3) is 5.76 Å². The second kappa shape index (κ2) is 8.86. The summed E-state index contributed by atoms with van der Waals surface area (Å²) in [5, 5.41) is 19.4. The van der Waals surface area contributed by atoms with Gasteiger partial charge in [-0.1, -0.05) is 0 Å². The maximum absolute atomic E-state index is 10.7. The van der Waals surface area contributed by atoms with Crippen LogP contribution in [0.1, 0.15) is 24.0 Å². The first-order valence-electron chi connectivity index (χ1n) is 9.86. The summed E-state index contributed by atoms with van der Waals surface area (Å²) in [6.45, 7) is 1.51. The van der Waals surface area contributed by atoms with Gasteiger partial charge in [-0.2, -0.15) is 0 Å². The zero-order chi connectivity index (χ0) is 21.8. The number of aliphatic hydroxyl groups excluding tert-OH is 1. The molecule has 2 aromatic rings. The Morgan fingerprint density at radius 2 is 2.16 bits per heavy atom. The summed E-state index contributed by atoms with van der Waals surface area (Å²) < 4.78 is 11.4. The van der Waals surface area contributed by atoms with E-state index in [0.717, 1.165) is 11.4 Å². The van der Waals surface area contributed by atoms with Crippen molar-refractivity contribution in [2.24, 2.45) is 9.98 Å². The van der Waals surface area contributed by atoms with Gasteiger partial charge in [0.25, 0.3) is 0 Å². The predicted octanol–water partition coefficient (Wildman–Crippen LogP) is 3.04. The van der Waals surface area contributed by atoms with Crippen LogP contribution in [-0.4, -0.2) is 64.5 Å². The van der Waals surface area contributed by atoms with Gasteiger partial charge in [-0.05, 0) is 30.7 Å². The lowest BCUT2D eigenvalue weighted by Crippen LogP contribution is -2.36. The molecular weight excluding hydrogens is 400 g/mol. The van der Waals surface area contributed by atoms with E-state index in [0.29, 0.717) is 48.1 Å². The first-order chi connectivity index (χ1) is 15.1. The zero-order valence-corrected chi connectivity index (χ0v) is 17.0. The highest BCUT2D eigenvalue weighted by Crippen LogP contribution is 2.43. The van der Waals surface area contributed by atoms with E-state index in [1.807, 2.05) is 11.0 Å². The molecule has 160 valence electrons. The molecule has 1 aromatic heterocycles. The highest BCUT2D eigenvalue weighted by Gasteiger charge is 2.31. The van der Waals surface area contributed by atoms with Gasteiger partial charge >= 0.3 is 5.97 Å². The Hall–Kier alpha value is -3.88. The van der Waals surface area contributed by atoms with Crippen LogP contribution < -0.4 is 9.47 Å². The Kier molecular flexibility index (Phi) is 5.83. The summed E-state index contributed by atoms with van der Waals surface area (Å²) >= 11 is 0. The fraction of sp³-hybridized carbons (Fsp3) is 0.273.